The van der Waals surface area contributed by atoms with E-state index in [2.05, 4.69) is 26.5 Å². The summed E-state index contributed by atoms with van der Waals surface area (Å²) >= 11 is 8.93. The van der Waals surface area contributed by atoms with Crippen LogP contribution in [0.1, 0.15) is 5.56 Å². The number of aromatic hydroxyl groups is 1. The van der Waals surface area contributed by atoms with Crippen LogP contribution in [0.15, 0.2) is 46.0 Å². The normalized spacial score (nSPS) is 10.6. The lowest BCUT2D eigenvalue weighted by atomic mass is 10.2. The molecule has 0 aromatic heterocycles. The molecule has 0 saturated carbocycles. The second-order valence-electron chi connectivity index (χ2n) is 4.66. The number of ether oxygens (including phenoxy) is 1. The number of halogens is 2. The fourth-order valence-corrected chi connectivity index (χ4v) is 2.36. The first-order valence-corrected chi connectivity index (χ1v) is 7.91. The molecular formula is C15H11BrClN3O5. The van der Waals surface area contributed by atoms with Gasteiger partial charge in [-0.2, -0.15) is 5.10 Å². The summed E-state index contributed by atoms with van der Waals surface area (Å²) in [5.74, 6) is -0.311. The molecule has 0 aliphatic heterocycles. The van der Waals surface area contributed by atoms with Crippen LogP contribution >= 0.6 is 27.5 Å². The summed E-state index contributed by atoms with van der Waals surface area (Å²) in [7, 11) is 0. The largest absolute Gasteiger partial charge is 0.507 e. The Bertz CT molecular complexity index is 844. The minimum atomic E-state index is -0.553. The molecule has 0 saturated heterocycles. The summed E-state index contributed by atoms with van der Waals surface area (Å²) in [6.45, 7) is -0.352. The molecule has 2 aromatic rings. The highest BCUT2D eigenvalue weighted by molar-refractivity contribution is 9.10. The van der Waals surface area contributed by atoms with Gasteiger partial charge in [-0.1, -0.05) is 11.6 Å². The van der Waals surface area contributed by atoms with Gasteiger partial charge in [0.2, 0.25) is 0 Å². The van der Waals surface area contributed by atoms with Gasteiger partial charge >= 0.3 is 0 Å². The third kappa shape index (κ3) is 5.44. The smallest absolute Gasteiger partial charge is 0.277 e. The Balaban J connectivity index is 1.89. The second-order valence-corrected chi connectivity index (χ2v) is 5.95. The number of nitro benzene ring substituents is 1. The van der Waals surface area contributed by atoms with Crippen molar-refractivity contribution in [1.82, 2.24) is 5.43 Å². The Labute approximate surface area is 155 Å². The van der Waals surface area contributed by atoms with Crippen LogP contribution in [0.5, 0.6) is 11.5 Å². The second kappa shape index (κ2) is 8.45. The Kier molecular flexibility index (Phi) is 6.31. The number of nitro groups is 1. The Hall–Kier alpha value is -2.65. The van der Waals surface area contributed by atoms with Crippen LogP contribution < -0.4 is 10.2 Å². The van der Waals surface area contributed by atoms with Crippen LogP contribution in [0, 0.1) is 10.1 Å². The number of amides is 1. The van der Waals surface area contributed by atoms with Gasteiger partial charge < -0.3 is 9.84 Å². The molecule has 0 aliphatic carbocycles. The maximum absolute atomic E-state index is 11.7. The fraction of sp³-hybridized carbons (Fsp3) is 0.0667. The van der Waals surface area contributed by atoms with Crippen molar-refractivity contribution in [2.45, 2.75) is 0 Å². The number of hydrazone groups is 1. The number of carbonyl (C=O) groups is 1. The van der Waals surface area contributed by atoms with Crippen LogP contribution in [0.3, 0.4) is 0 Å². The van der Waals surface area contributed by atoms with E-state index in [9.17, 15) is 20.0 Å². The molecule has 130 valence electrons. The van der Waals surface area contributed by atoms with Crippen LogP contribution in [0.4, 0.5) is 5.69 Å². The molecule has 0 fully saturated rings. The van der Waals surface area contributed by atoms with Crippen LogP contribution in [0.25, 0.3) is 0 Å². The summed E-state index contributed by atoms with van der Waals surface area (Å²) in [4.78, 5) is 21.8. The summed E-state index contributed by atoms with van der Waals surface area (Å²) in [5.41, 5.74) is 2.46. The molecule has 0 heterocycles. The van der Waals surface area contributed by atoms with Gasteiger partial charge in [0.05, 0.1) is 15.6 Å². The maximum atomic E-state index is 11.7. The zero-order valence-electron chi connectivity index (χ0n) is 12.5. The van der Waals surface area contributed by atoms with Gasteiger partial charge in [-0.3, -0.25) is 14.9 Å². The predicted molar refractivity (Wildman–Crippen MR) is 95.1 cm³/mol. The Morgan fingerprint density at radius 2 is 2.16 bits per heavy atom. The van der Waals surface area contributed by atoms with E-state index in [-0.39, 0.29) is 23.8 Å². The zero-order valence-corrected chi connectivity index (χ0v) is 14.8. The minimum absolute atomic E-state index is 0.0338. The van der Waals surface area contributed by atoms with Crippen molar-refractivity contribution in [2.75, 3.05) is 6.61 Å². The van der Waals surface area contributed by atoms with Gasteiger partial charge in [-0.05, 0) is 40.2 Å². The highest BCUT2D eigenvalue weighted by Crippen LogP contribution is 2.28. The monoisotopic (exact) mass is 427 g/mol. The number of phenolic OH excluding ortho intramolecular Hbond substituents is 1. The molecular weight excluding hydrogens is 418 g/mol. The average molecular weight is 429 g/mol. The van der Waals surface area contributed by atoms with E-state index in [1.54, 1.807) is 0 Å². The van der Waals surface area contributed by atoms with E-state index in [0.717, 1.165) is 0 Å². The van der Waals surface area contributed by atoms with Gasteiger partial charge in [0.15, 0.2) is 6.61 Å². The molecule has 10 heteroatoms. The number of hydrogen-bond acceptors (Lipinski definition) is 6. The lowest BCUT2D eigenvalue weighted by Crippen LogP contribution is -2.24. The average Bonchev–Trinajstić information content (AvgIpc) is 2.56. The van der Waals surface area contributed by atoms with E-state index in [1.807, 2.05) is 0 Å². The van der Waals surface area contributed by atoms with Crippen LogP contribution in [0.2, 0.25) is 5.02 Å². The number of non-ortho nitro benzene ring substituents is 1. The third-order valence-electron chi connectivity index (χ3n) is 2.87. The Morgan fingerprint density at radius 3 is 2.84 bits per heavy atom. The number of nitrogens with zero attached hydrogens (tertiary/aromatic N) is 2. The van der Waals surface area contributed by atoms with E-state index in [1.165, 1.54) is 42.6 Å². The van der Waals surface area contributed by atoms with E-state index < -0.39 is 10.8 Å². The molecule has 0 atom stereocenters. The van der Waals surface area contributed by atoms with Gasteiger partial charge in [-0.25, -0.2) is 5.43 Å². The lowest BCUT2D eigenvalue weighted by molar-refractivity contribution is -0.384. The van der Waals surface area contributed by atoms with Crippen LogP contribution in [-0.4, -0.2) is 28.8 Å². The number of benzene rings is 2. The molecule has 1 amide bonds. The molecule has 2 aromatic carbocycles. The summed E-state index contributed by atoms with van der Waals surface area (Å²) in [5, 5.41) is 24.4. The van der Waals surface area contributed by atoms with E-state index in [4.69, 9.17) is 16.3 Å². The quantitative estimate of drug-likeness (QED) is 0.416. The van der Waals surface area contributed by atoms with Crippen molar-refractivity contribution >= 4 is 45.3 Å². The standard InChI is InChI=1S/C15H11BrClN3O5/c16-12-6-11(20(23)24)2-4-14(12)25-8-15(22)19-18-7-9-5-10(17)1-3-13(9)21/h1-7,21H,8H2,(H,19,22). The topological polar surface area (TPSA) is 114 Å². The molecule has 25 heavy (non-hydrogen) atoms. The van der Waals surface area contributed by atoms with E-state index >= 15 is 0 Å². The lowest BCUT2D eigenvalue weighted by Gasteiger charge is -2.07. The van der Waals surface area contributed by atoms with Crippen molar-refractivity contribution < 1.29 is 19.6 Å². The van der Waals surface area contributed by atoms with Crippen molar-refractivity contribution in [2.24, 2.45) is 5.10 Å². The van der Waals surface area contributed by atoms with Crippen LogP contribution in [-0.2, 0) is 4.79 Å². The van der Waals surface area contributed by atoms with Gasteiger partial charge in [0, 0.05) is 22.7 Å². The van der Waals surface area contributed by atoms with Gasteiger partial charge in [0.1, 0.15) is 11.5 Å². The summed E-state index contributed by atoms with van der Waals surface area (Å²) in [6.07, 6.45) is 1.24. The highest BCUT2D eigenvalue weighted by atomic mass is 79.9. The minimum Gasteiger partial charge on any atom is -0.507 e. The molecule has 0 radical (unpaired) electrons. The van der Waals surface area contributed by atoms with E-state index in [0.29, 0.717) is 15.1 Å². The Morgan fingerprint density at radius 1 is 1.40 bits per heavy atom. The first-order chi connectivity index (χ1) is 11.9. The molecule has 0 spiro atoms. The molecule has 0 bridgehead atoms. The van der Waals surface area contributed by atoms with Crippen molar-refractivity contribution in [3.63, 3.8) is 0 Å². The first-order valence-electron chi connectivity index (χ1n) is 6.74. The number of phenols is 1. The molecule has 2 N–H and O–H groups in total. The maximum Gasteiger partial charge on any atom is 0.277 e. The molecule has 0 unspecified atom stereocenters. The van der Waals surface area contributed by atoms with Gasteiger partial charge in [-0.15, -0.1) is 0 Å². The van der Waals surface area contributed by atoms with Crippen molar-refractivity contribution in [3.05, 3.63) is 61.6 Å². The van der Waals surface area contributed by atoms with Gasteiger partial charge in [0.25, 0.3) is 11.6 Å². The van der Waals surface area contributed by atoms with Crippen molar-refractivity contribution in [3.8, 4) is 11.5 Å². The highest BCUT2D eigenvalue weighted by Gasteiger charge is 2.11. The third-order valence-corrected chi connectivity index (χ3v) is 3.72. The molecule has 0 aliphatic rings. The molecule has 2 rings (SSSR count). The number of carbonyl (C=O) groups excluding carboxylic acids is 1. The fourth-order valence-electron chi connectivity index (χ4n) is 1.70. The summed E-state index contributed by atoms with van der Waals surface area (Å²) in [6, 6.07) is 8.31. The molecule has 8 nitrogen and oxygen atoms in total. The van der Waals surface area contributed by atoms with Crippen molar-refractivity contribution in [1.29, 1.82) is 0 Å². The first kappa shape index (κ1) is 18.7. The SMILES string of the molecule is O=C(COc1ccc([N+](=O)[O-])cc1Br)NN=Cc1cc(Cl)ccc1O. The number of nitrogens with one attached hydrogen (secondary N) is 1. The zero-order chi connectivity index (χ0) is 18.4. The number of hydrogen-bond donors (Lipinski definition) is 2. The number of rotatable bonds is 6. The summed E-state index contributed by atoms with van der Waals surface area (Å²) < 4.78 is 5.60. The predicted octanol–water partition coefficient (Wildman–Crippen LogP) is 3.25.